The molecule has 0 saturated heterocycles. The molecule has 0 aliphatic rings. The molecule has 1 atom stereocenters. The first-order chi connectivity index (χ1) is 14.4. The highest BCUT2D eigenvalue weighted by atomic mass is 35.5. The van der Waals surface area contributed by atoms with E-state index in [1.807, 2.05) is 57.3 Å². The van der Waals surface area contributed by atoms with Gasteiger partial charge in [0.2, 0.25) is 5.95 Å². The van der Waals surface area contributed by atoms with Crippen molar-refractivity contribution < 1.29 is 9.84 Å². The Morgan fingerprint density at radius 3 is 2.63 bits per heavy atom. The van der Waals surface area contributed by atoms with Crippen LogP contribution in [0.25, 0.3) is 0 Å². The fourth-order valence-electron chi connectivity index (χ4n) is 2.85. The Morgan fingerprint density at radius 1 is 1.10 bits per heavy atom. The molecule has 7 nitrogen and oxygen atoms in total. The molecule has 30 heavy (non-hydrogen) atoms. The van der Waals surface area contributed by atoms with Crippen molar-refractivity contribution in [3.63, 3.8) is 0 Å². The Morgan fingerprint density at radius 2 is 1.90 bits per heavy atom. The van der Waals surface area contributed by atoms with Crippen LogP contribution in [0.4, 0.5) is 28.8 Å². The summed E-state index contributed by atoms with van der Waals surface area (Å²) >= 11 is 6.32. The molecule has 0 radical (unpaired) electrons. The number of anilines is 5. The molecule has 0 amide bonds. The Hall–Kier alpha value is -3.03. The van der Waals surface area contributed by atoms with Gasteiger partial charge in [0.05, 0.1) is 23.7 Å². The largest absolute Gasteiger partial charge is 0.491 e. The first-order valence-electron chi connectivity index (χ1n) is 9.63. The Balaban J connectivity index is 1.83. The molecular formula is C22H26ClN5O2. The van der Waals surface area contributed by atoms with Gasteiger partial charge >= 0.3 is 0 Å². The zero-order valence-electron chi connectivity index (χ0n) is 17.5. The second-order valence-corrected chi connectivity index (χ2v) is 7.44. The lowest BCUT2D eigenvalue weighted by molar-refractivity contribution is 0.122. The summed E-state index contributed by atoms with van der Waals surface area (Å²) in [6.07, 6.45) is 1.01. The Bertz CT molecular complexity index is 1030. The summed E-state index contributed by atoms with van der Waals surface area (Å²) in [7, 11) is 1.86. The van der Waals surface area contributed by atoms with Crippen molar-refractivity contribution in [2.45, 2.75) is 26.9 Å². The van der Waals surface area contributed by atoms with Gasteiger partial charge in [-0.3, -0.25) is 0 Å². The van der Waals surface area contributed by atoms with Crippen LogP contribution >= 0.6 is 11.6 Å². The number of rotatable bonds is 8. The lowest BCUT2D eigenvalue weighted by Crippen LogP contribution is -2.13. The zero-order valence-corrected chi connectivity index (χ0v) is 18.2. The average Bonchev–Trinajstić information content (AvgIpc) is 2.72. The van der Waals surface area contributed by atoms with Crippen LogP contribution in [0.2, 0.25) is 5.02 Å². The molecule has 1 unspecified atom stereocenters. The number of nitrogens with zero attached hydrogens (tertiary/aromatic N) is 2. The monoisotopic (exact) mass is 427 g/mol. The summed E-state index contributed by atoms with van der Waals surface area (Å²) in [4.78, 5) is 8.82. The van der Waals surface area contributed by atoms with E-state index in [1.54, 1.807) is 13.1 Å². The van der Waals surface area contributed by atoms with Crippen molar-refractivity contribution in [2.75, 3.05) is 29.6 Å². The highest BCUT2D eigenvalue weighted by molar-refractivity contribution is 6.33. The van der Waals surface area contributed by atoms with Crippen molar-refractivity contribution in [3.05, 3.63) is 58.7 Å². The predicted octanol–water partition coefficient (Wildman–Crippen LogP) is 5.04. The molecule has 3 aromatic rings. The van der Waals surface area contributed by atoms with E-state index in [1.165, 1.54) is 0 Å². The number of hydrogen-bond donors (Lipinski definition) is 4. The van der Waals surface area contributed by atoms with E-state index in [0.29, 0.717) is 22.5 Å². The van der Waals surface area contributed by atoms with Crippen LogP contribution in [0.5, 0.6) is 5.75 Å². The van der Waals surface area contributed by atoms with Crippen molar-refractivity contribution in [2.24, 2.45) is 0 Å². The Labute approximate surface area is 181 Å². The highest BCUT2D eigenvalue weighted by Gasteiger charge is 2.11. The standard InChI is InChI=1S/C22H26ClN5O2/c1-13-8-9-18(19(10-13)24-4)26-21-16(23)11-25-22(28-21)27-17-6-5-7-20(15(17)3)30-12-14(2)29/h5-11,14,24,29H,12H2,1-4H3,(H2,25,26,27,28). The van der Waals surface area contributed by atoms with Gasteiger partial charge in [-0.1, -0.05) is 23.7 Å². The van der Waals surface area contributed by atoms with Gasteiger partial charge in [0.25, 0.3) is 0 Å². The van der Waals surface area contributed by atoms with Crippen LogP contribution < -0.4 is 20.7 Å². The molecule has 3 rings (SSSR count). The van der Waals surface area contributed by atoms with Crippen LogP contribution in [0.15, 0.2) is 42.6 Å². The first kappa shape index (κ1) is 21.7. The summed E-state index contributed by atoms with van der Waals surface area (Å²) < 4.78 is 5.66. The number of aryl methyl sites for hydroxylation is 1. The summed E-state index contributed by atoms with van der Waals surface area (Å²) in [5, 5.41) is 19.5. The van der Waals surface area contributed by atoms with Crippen molar-refractivity contribution in [1.82, 2.24) is 9.97 Å². The van der Waals surface area contributed by atoms with Crippen molar-refractivity contribution >= 4 is 40.4 Å². The van der Waals surface area contributed by atoms with Crippen LogP contribution in [-0.4, -0.2) is 34.8 Å². The fraction of sp³-hybridized carbons (Fsp3) is 0.273. The van der Waals surface area contributed by atoms with Gasteiger partial charge in [-0.2, -0.15) is 4.98 Å². The molecule has 1 heterocycles. The number of aliphatic hydroxyl groups excluding tert-OH is 1. The summed E-state index contributed by atoms with van der Waals surface area (Å²) in [6.45, 7) is 5.87. The molecule has 8 heteroatoms. The first-order valence-corrected chi connectivity index (χ1v) is 10.0. The SMILES string of the molecule is CNc1cc(C)ccc1Nc1nc(Nc2cccc(OCC(C)O)c2C)ncc1Cl. The quantitative estimate of drug-likeness (QED) is 0.400. The van der Waals surface area contributed by atoms with Gasteiger partial charge in [0.1, 0.15) is 17.4 Å². The number of benzene rings is 2. The van der Waals surface area contributed by atoms with Gasteiger partial charge in [0, 0.05) is 18.3 Å². The fourth-order valence-corrected chi connectivity index (χ4v) is 2.99. The molecule has 4 N–H and O–H groups in total. The number of halogens is 1. The van der Waals surface area contributed by atoms with Gasteiger partial charge < -0.3 is 25.8 Å². The van der Waals surface area contributed by atoms with E-state index in [2.05, 4.69) is 25.9 Å². The smallest absolute Gasteiger partial charge is 0.229 e. The summed E-state index contributed by atoms with van der Waals surface area (Å²) in [5.41, 5.74) is 4.64. The maximum Gasteiger partial charge on any atom is 0.229 e. The van der Waals surface area contributed by atoms with E-state index in [-0.39, 0.29) is 6.61 Å². The zero-order chi connectivity index (χ0) is 21.7. The lowest BCUT2D eigenvalue weighted by atomic mass is 10.2. The second kappa shape index (κ2) is 9.65. The van der Waals surface area contributed by atoms with E-state index in [4.69, 9.17) is 16.3 Å². The molecule has 0 saturated carbocycles. The molecule has 2 aromatic carbocycles. The highest BCUT2D eigenvalue weighted by Crippen LogP contribution is 2.31. The van der Waals surface area contributed by atoms with Crippen molar-refractivity contribution in [3.8, 4) is 5.75 Å². The van der Waals surface area contributed by atoms with Crippen LogP contribution in [0.3, 0.4) is 0 Å². The van der Waals surface area contributed by atoms with E-state index in [9.17, 15) is 5.11 Å². The minimum atomic E-state index is -0.543. The summed E-state index contributed by atoms with van der Waals surface area (Å²) in [6, 6.07) is 11.7. The number of aromatic nitrogens is 2. The molecular weight excluding hydrogens is 402 g/mol. The molecule has 0 spiro atoms. The minimum Gasteiger partial charge on any atom is -0.491 e. The van der Waals surface area contributed by atoms with Crippen LogP contribution in [0.1, 0.15) is 18.1 Å². The molecule has 0 aliphatic carbocycles. The van der Waals surface area contributed by atoms with Gasteiger partial charge in [0.15, 0.2) is 5.82 Å². The number of aliphatic hydroxyl groups is 1. The van der Waals surface area contributed by atoms with Gasteiger partial charge in [-0.15, -0.1) is 0 Å². The third-order valence-electron chi connectivity index (χ3n) is 4.45. The Kier molecular flexibility index (Phi) is 6.97. The lowest BCUT2D eigenvalue weighted by Gasteiger charge is -2.16. The van der Waals surface area contributed by atoms with Gasteiger partial charge in [-0.25, -0.2) is 4.98 Å². The molecule has 0 aliphatic heterocycles. The van der Waals surface area contributed by atoms with Crippen molar-refractivity contribution in [1.29, 1.82) is 0 Å². The predicted molar refractivity (Wildman–Crippen MR) is 123 cm³/mol. The normalized spacial score (nSPS) is 11.7. The minimum absolute atomic E-state index is 0.222. The third kappa shape index (κ3) is 5.31. The number of ether oxygens (including phenoxy) is 1. The average molecular weight is 428 g/mol. The topological polar surface area (TPSA) is 91.3 Å². The molecule has 1 aromatic heterocycles. The third-order valence-corrected chi connectivity index (χ3v) is 4.73. The van der Waals surface area contributed by atoms with Crippen LogP contribution in [-0.2, 0) is 0 Å². The van der Waals surface area contributed by atoms with E-state index in [0.717, 1.165) is 28.2 Å². The summed E-state index contributed by atoms with van der Waals surface area (Å²) in [5.74, 6) is 1.58. The van der Waals surface area contributed by atoms with E-state index < -0.39 is 6.10 Å². The maximum atomic E-state index is 9.45. The van der Waals surface area contributed by atoms with Gasteiger partial charge in [-0.05, 0) is 50.6 Å². The second-order valence-electron chi connectivity index (χ2n) is 7.03. The number of nitrogens with one attached hydrogen (secondary N) is 3. The number of hydrogen-bond acceptors (Lipinski definition) is 7. The molecule has 0 bridgehead atoms. The molecule has 158 valence electrons. The maximum absolute atomic E-state index is 9.45. The molecule has 0 fully saturated rings. The van der Waals surface area contributed by atoms with E-state index >= 15 is 0 Å². The van der Waals surface area contributed by atoms with Crippen LogP contribution in [0, 0.1) is 13.8 Å².